The van der Waals surface area contributed by atoms with E-state index in [0.29, 0.717) is 61.9 Å². The molecule has 5 heterocycles. The summed E-state index contributed by atoms with van der Waals surface area (Å²) in [5.41, 5.74) is 24.7. The smallest absolute Gasteiger partial charge is 0.317 e. The van der Waals surface area contributed by atoms with E-state index in [1.165, 1.54) is 87.0 Å². The first-order valence-corrected chi connectivity index (χ1v) is 51.6. The molecule has 150 heavy (non-hydrogen) atoms. The molecule has 0 unspecified atom stereocenters. The van der Waals surface area contributed by atoms with Crippen molar-refractivity contribution in [3.8, 4) is 0 Å². The molecule has 51 nitrogen and oxygen atoms in total. The van der Waals surface area contributed by atoms with E-state index in [4.69, 9.17) is 32.4 Å². The number of carboxylic acid groups (broad SMARTS) is 2. The number of aromatic nitrogens is 7. The van der Waals surface area contributed by atoms with Crippen LogP contribution in [0.15, 0.2) is 78.3 Å². The normalized spacial score (nSPS) is 18.0. The minimum absolute atomic E-state index is 0.00470. The predicted octanol–water partition coefficient (Wildman–Crippen LogP) is -2.40. The number of aliphatic hydroxyl groups excluding tert-OH is 2. The van der Waals surface area contributed by atoms with Crippen molar-refractivity contribution in [3.63, 3.8) is 0 Å². The number of para-hydroxylation sites is 1. The Kier molecular flexibility index (Phi) is 58.8. The third-order valence-corrected chi connectivity index (χ3v) is 25.1. The number of nitrogens with two attached hydrogens (primary N) is 4. The van der Waals surface area contributed by atoms with Gasteiger partial charge in [-0.15, -0.1) is 10.2 Å². The van der Waals surface area contributed by atoms with E-state index in [-0.39, 0.29) is 147 Å². The number of Topliss-reactive ketones (excluding diaryl/α,β-unsaturated/α-hetero) is 1. The standard InChI is InChI=1S/C56H95N15O16.C43H60N12O8/c1-3-4-20-41(39(2)73)63-53(82)42(21-18-19-27-71(34-51(78)79)35-52(80)81)64-55(84)44(31-40-32-58-38-61-40)66-54(83)43(24-25-46(57)74)65-56(85)45(36-72)62-49(76)33-60-50(77)37-87-30-29-86-28-26-59-48(75)23-17-15-13-11-9-7-5-6-8-10-12-14-16-22-47-67-69-70-68-47;1-47-32-16-17-36(57)48-18-8-7-14-30(37(44)58)51-40(61)34(21-26-23-50-29-13-6-5-12-28(26)29)53-38(59)31(15-9-19-49-43(45)46)52-39(60)33(20-25-10-3-2-4-11-25)54-41(62)35-22-27(56)24-55(35)42(32)63/h32,38,41-45,72H,3-31,33-37H2,1-2H3,(H2,57,74)(H,58,61)(H,59,75)(H,60,77)(H,62,76)(H,63,82)(H,64,84)(H,65,85)(H,66,83)(H,78,79)(H,80,81)(H,67,68,69,70);2-6,10-13,23,27,30-35,47,50,56H,7-9,14-22,24H2,1H3,(H2,44,58)(H,48,57)(H,51,61)(H,52,60)(H,53,59)(H,54,62)(H4,45,46,49)/t41-,42-,43-,44-,45-;27-,30+,31+,32+,33-,34+,35+/m01/s1. The van der Waals surface area contributed by atoms with Crippen LogP contribution in [0.1, 0.15) is 229 Å². The Bertz CT molecular complexity index is 5050. The van der Waals surface area contributed by atoms with Crippen LogP contribution in [0.5, 0.6) is 0 Å². The maximum Gasteiger partial charge on any atom is 0.317 e. The van der Waals surface area contributed by atoms with Crippen molar-refractivity contribution in [2.24, 2.45) is 27.9 Å². The summed E-state index contributed by atoms with van der Waals surface area (Å²) in [5.74, 6) is -13.0. The van der Waals surface area contributed by atoms with Gasteiger partial charge in [0, 0.05) is 107 Å². The molecule has 51 heteroatoms. The van der Waals surface area contributed by atoms with Crippen LogP contribution < -0.4 is 92.1 Å². The van der Waals surface area contributed by atoms with Crippen LogP contribution in [0.2, 0.25) is 0 Å². The van der Waals surface area contributed by atoms with Gasteiger partial charge in [-0.3, -0.25) is 96.2 Å². The van der Waals surface area contributed by atoms with E-state index < -0.39 is 207 Å². The monoisotopic (exact) mass is 2110 g/mol. The Labute approximate surface area is 870 Å². The quantitative estimate of drug-likeness (QED) is 0.0110. The molecular weight excluding hydrogens is 1950 g/mol. The number of ether oxygens (including phenoxy) is 2. The summed E-state index contributed by atoms with van der Waals surface area (Å²) in [7, 11) is 1.55. The summed E-state index contributed by atoms with van der Waals surface area (Å²) in [6, 6.07) is 2.27. The van der Waals surface area contributed by atoms with Crippen LogP contribution in [0.25, 0.3) is 10.9 Å². The number of primary amides is 2. The number of nitrogens with zero attached hydrogens (tertiary/aromatic N) is 7. The Hall–Kier alpha value is -14.1. The number of hydrogen-bond donors (Lipinski definition) is 24. The number of likely N-dealkylation sites (N-methyl/N-ethyl adjacent to an activating group) is 1. The van der Waals surface area contributed by atoms with E-state index in [2.05, 4.69) is 110 Å². The van der Waals surface area contributed by atoms with Gasteiger partial charge in [0.15, 0.2) is 17.6 Å². The summed E-state index contributed by atoms with van der Waals surface area (Å²) in [5, 5.41) is 88.4. The molecule has 0 radical (unpaired) electrons. The fourth-order valence-corrected chi connectivity index (χ4v) is 16.9. The number of H-pyrrole nitrogens is 3. The van der Waals surface area contributed by atoms with Crippen molar-refractivity contribution in [3.05, 3.63) is 96.0 Å². The highest BCUT2D eigenvalue weighted by atomic mass is 16.5. The average Bonchev–Trinajstić information content (AvgIpc) is 1.68. The maximum atomic E-state index is 14.4. The minimum atomic E-state index is -1.68. The molecule has 0 spiro atoms. The second kappa shape index (κ2) is 70.8. The second-order valence-corrected chi connectivity index (χ2v) is 37.3. The van der Waals surface area contributed by atoms with Gasteiger partial charge in [0.1, 0.15) is 61.0 Å². The number of carboxylic acids is 2. The van der Waals surface area contributed by atoms with Gasteiger partial charge < -0.3 is 137 Å². The fraction of sp³-hybridized carbons (Fsp3) is 0.626. The highest BCUT2D eigenvalue weighted by Gasteiger charge is 2.43. The number of benzene rings is 2. The van der Waals surface area contributed by atoms with Crippen LogP contribution in [-0.4, -0.2) is 343 Å². The molecule has 28 N–H and O–H groups in total. The van der Waals surface area contributed by atoms with Crippen molar-refractivity contribution in [1.29, 1.82) is 0 Å². The number of carbonyl (C=O) groups excluding carboxylic acids is 16. The number of fused-ring (bicyclic) bond motifs is 2. The molecule has 5 aromatic rings. The van der Waals surface area contributed by atoms with Crippen molar-refractivity contribution in [2.45, 2.75) is 305 Å². The summed E-state index contributed by atoms with van der Waals surface area (Å²) in [6.45, 7) is 0.920. The number of ketones is 1. The number of aryl methyl sites for hydroxylation is 1. The number of imidazole rings is 1. The second-order valence-electron chi connectivity index (χ2n) is 37.3. The highest BCUT2D eigenvalue weighted by molar-refractivity contribution is 6.00. The molecule has 830 valence electrons. The summed E-state index contributed by atoms with van der Waals surface area (Å²) in [6.07, 6.45) is 21.7. The van der Waals surface area contributed by atoms with Gasteiger partial charge >= 0.3 is 11.9 Å². The van der Waals surface area contributed by atoms with Gasteiger partial charge in [-0.1, -0.05) is 144 Å². The van der Waals surface area contributed by atoms with Crippen molar-refractivity contribution in [2.75, 3.05) is 92.4 Å². The molecule has 2 aromatic carbocycles. The third kappa shape index (κ3) is 49.8. The number of aliphatic hydroxyl groups is 2. The van der Waals surface area contributed by atoms with Crippen LogP contribution >= 0.6 is 0 Å². The number of aromatic amines is 3. The molecule has 0 saturated carbocycles. The van der Waals surface area contributed by atoms with Crippen LogP contribution in [0.4, 0.5) is 0 Å². The zero-order valence-corrected chi connectivity index (χ0v) is 86.0. The van der Waals surface area contributed by atoms with E-state index in [0.717, 1.165) is 48.8 Å². The number of aliphatic carboxylic acids is 2. The van der Waals surface area contributed by atoms with Crippen molar-refractivity contribution in [1.82, 2.24) is 114 Å². The van der Waals surface area contributed by atoms with E-state index in [9.17, 15) is 107 Å². The molecule has 0 bridgehead atoms. The van der Waals surface area contributed by atoms with E-state index in [1.54, 1.807) is 43.6 Å². The van der Waals surface area contributed by atoms with Gasteiger partial charge in [0.05, 0.1) is 70.6 Å². The number of aliphatic imine (C=N–C) groups is 1. The summed E-state index contributed by atoms with van der Waals surface area (Å²) >= 11 is 0. The summed E-state index contributed by atoms with van der Waals surface area (Å²) in [4.78, 5) is 253. The maximum absolute atomic E-state index is 14.4. The fourth-order valence-electron chi connectivity index (χ4n) is 16.9. The lowest BCUT2D eigenvalue weighted by Gasteiger charge is -2.30. The first kappa shape index (κ1) is 125. The lowest BCUT2D eigenvalue weighted by Crippen LogP contribution is -2.60. The lowest BCUT2D eigenvalue weighted by molar-refractivity contribution is -0.142. The van der Waals surface area contributed by atoms with Gasteiger partial charge in [0.2, 0.25) is 88.6 Å². The van der Waals surface area contributed by atoms with Crippen molar-refractivity contribution < 1.29 is 116 Å². The van der Waals surface area contributed by atoms with Gasteiger partial charge in [-0.25, -0.2) is 4.98 Å². The number of rotatable bonds is 64. The summed E-state index contributed by atoms with van der Waals surface area (Å²) < 4.78 is 10.8. The molecule has 2 fully saturated rings. The minimum Gasteiger partial charge on any atom is -0.480 e. The largest absolute Gasteiger partial charge is 0.480 e. The molecule has 3 aromatic heterocycles. The molecule has 2 aliphatic rings. The molecule has 0 aliphatic carbocycles. The Balaban J connectivity index is 0.000000480. The average molecular weight is 2110 g/mol. The first-order valence-electron chi connectivity index (χ1n) is 51.6. The highest BCUT2D eigenvalue weighted by Crippen LogP contribution is 2.24. The molecule has 12 atom stereocenters. The molecule has 15 amide bonds. The van der Waals surface area contributed by atoms with Gasteiger partial charge in [-0.2, -0.15) is 5.21 Å². The number of tetrazole rings is 1. The van der Waals surface area contributed by atoms with E-state index in [1.807, 2.05) is 31.2 Å². The molecule has 2 saturated heterocycles. The third-order valence-electron chi connectivity index (χ3n) is 25.1. The van der Waals surface area contributed by atoms with Crippen molar-refractivity contribution >= 4 is 123 Å². The van der Waals surface area contributed by atoms with Gasteiger partial charge in [-0.05, 0) is 121 Å². The number of hydrogen-bond acceptors (Lipinski definition) is 29. The van der Waals surface area contributed by atoms with E-state index >= 15 is 0 Å². The number of guanidine groups is 1. The molecular formula is C99H155N27O24. The Morgan fingerprint density at radius 1 is 0.607 bits per heavy atom. The zero-order chi connectivity index (χ0) is 109. The number of amides is 15. The van der Waals surface area contributed by atoms with Crippen LogP contribution in [0.3, 0.4) is 0 Å². The molecule has 7 rings (SSSR count). The zero-order valence-electron chi connectivity index (χ0n) is 86.0. The lowest BCUT2D eigenvalue weighted by atomic mass is 10.0. The molecule has 2 aliphatic heterocycles. The van der Waals surface area contributed by atoms with Crippen LogP contribution in [-0.2, 0) is 121 Å². The van der Waals surface area contributed by atoms with Crippen LogP contribution in [0, 0.1) is 0 Å². The van der Waals surface area contributed by atoms with Gasteiger partial charge in [0.25, 0.3) is 0 Å². The Morgan fingerprint density at radius 3 is 1.85 bits per heavy atom. The number of unbranched alkanes of at least 4 members (excludes halogenated alkanes) is 14. The number of carbonyl (C=O) groups is 18. The number of nitrogens with one attached hydrogen (secondary N) is 16. The topological polar surface area (TPSA) is 785 Å². The SMILES string of the molecule is CCCC[C@H](NC(=O)[C@H](CCCCN(CC(=O)O)CC(=O)O)NC(=O)[C@H](Cc1cnc[nH]1)NC(=O)[C@H](CCC(N)=O)NC(=O)[C@H](CO)NC(=O)CNC(=O)COCCOCCNC(=O)CCCCCCCCCCCCCCCc1nn[nH]n1)C(C)=O.CN[C@H]1CCC(=O)NCCCC[C@@H](C(N)=O)NC(=O)[C@H](Cc2c[nH]c3ccccc23)NC(=O)[C@H](CCCN=C(N)N)NC(=O)[C@@H](Cc2ccccc2)NC(=O)[C@@H]2C[C@@H](O)CN2C1=O. The first-order chi connectivity index (χ1) is 72.0. The predicted molar refractivity (Wildman–Crippen MR) is 547 cm³/mol. The Morgan fingerprint density at radius 2 is 1.21 bits per heavy atom.